The molecule has 2 N–H and O–H groups in total. The fourth-order valence-electron chi connectivity index (χ4n) is 1.23. The molecule has 0 aliphatic rings. The van der Waals surface area contributed by atoms with E-state index < -0.39 is 11.6 Å². The number of amides is 1. The van der Waals surface area contributed by atoms with E-state index in [1.807, 2.05) is 13.0 Å². The van der Waals surface area contributed by atoms with E-state index in [9.17, 15) is 9.70 Å². The molecule has 0 aromatic heterocycles. The zero-order chi connectivity index (χ0) is 12.2. The standard InChI is InChI=1S/C11H14N2O3/c1-3-11(12,10(14)13-15)16-9-6-4-5-8(2)7-9/h4-7H,3,12H2,1-2H3/t11-/m0/s1. The van der Waals surface area contributed by atoms with Gasteiger partial charge in [-0.1, -0.05) is 19.1 Å². The van der Waals surface area contributed by atoms with Crippen LogP contribution in [-0.4, -0.2) is 11.6 Å². The molecule has 0 spiro atoms. The predicted molar refractivity (Wildman–Crippen MR) is 59.8 cm³/mol. The van der Waals surface area contributed by atoms with Crippen LogP contribution in [0.2, 0.25) is 0 Å². The molecule has 1 amide bonds. The summed E-state index contributed by atoms with van der Waals surface area (Å²) in [5.74, 6) is -0.558. The van der Waals surface area contributed by atoms with Gasteiger partial charge in [-0.2, -0.15) is 0 Å². The third-order valence-electron chi connectivity index (χ3n) is 2.26. The van der Waals surface area contributed by atoms with Crippen LogP contribution < -0.4 is 10.5 Å². The number of carbonyl (C=O) groups is 1. The summed E-state index contributed by atoms with van der Waals surface area (Å²) < 4.78 is 5.32. The van der Waals surface area contributed by atoms with Crippen LogP contribution >= 0.6 is 0 Å². The van der Waals surface area contributed by atoms with E-state index in [0.29, 0.717) is 5.75 Å². The average Bonchev–Trinajstić information content (AvgIpc) is 2.27. The zero-order valence-corrected chi connectivity index (χ0v) is 9.27. The number of carbonyl (C=O) groups excluding carboxylic acids is 1. The summed E-state index contributed by atoms with van der Waals surface area (Å²) in [6.45, 7) is 3.54. The lowest BCUT2D eigenvalue weighted by Gasteiger charge is -2.24. The SMILES string of the molecule is CC[C@](N)(Oc1cccc(C)c1)C(=O)N=O. The first-order valence-corrected chi connectivity index (χ1v) is 4.94. The van der Waals surface area contributed by atoms with Gasteiger partial charge in [-0.3, -0.25) is 10.5 Å². The van der Waals surface area contributed by atoms with Crippen molar-refractivity contribution in [3.05, 3.63) is 34.7 Å². The number of hydrogen-bond acceptors (Lipinski definition) is 4. The normalized spacial score (nSPS) is 13.9. The molecule has 0 fully saturated rings. The maximum Gasteiger partial charge on any atom is 0.344 e. The Balaban J connectivity index is 2.93. The van der Waals surface area contributed by atoms with Crippen molar-refractivity contribution in [2.24, 2.45) is 10.9 Å². The quantitative estimate of drug-likeness (QED) is 0.621. The highest BCUT2D eigenvalue weighted by atomic mass is 16.5. The fraction of sp³-hybridized carbons (Fsp3) is 0.364. The van der Waals surface area contributed by atoms with E-state index in [1.165, 1.54) is 0 Å². The lowest BCUT2D eigenvalue weighted by Crippen LogP contribution is -2.51. The van der Waals surface area contributed by atoms with Crippen LogP contribution in [0.3, 0.4) is 0 Å². The molecule has 1 atom stereocenters. The third kappa shape index (κ3) is 2.64. The minimum Gasteiger partial charge on any atom is -0.463 e. The average molecular weight is 222 g/mol. The summed E-state index contributed by atoms with van der Waals surface area (Å²) in [5, 5.41) is 2.31. The van der Waals surface area contributed by atoms with Crippen LogP contribution in [0.15, 0.2) is 29.4 Å². The number of nitrogens with zero attached hydrogens (tertiary/aromatic N) is 1. The second kappa shape index (κ2) is 4.85. The molecule has 1 aromatic rings. The molecule has 0 saturated carbocycles. The predicted octanol–water partition coefficient (Wildman–Crippen LogP) is 1.73. The second-order valence-corrected chi connectivity index (χ2v) is 3.56. The highest BCUT2D eigenvalue weighted by Gasteiger charge is 2.35. The van der Waals surface area contributed by atoms with Gasteiger partial charge in [0.25, 0.3) is 0 Å². The van der Waals surface area contributed by atoms with Crippen LogP contribution in [0.1, 0.15) is 18.9 Å². The molecular weight excluding hydrogens is 208 g/mol. The number of rotatable bonds is 4. The van der Waals surface area contributed by atoms with Crippen LogP contribution in [0.5, 0.6) is 5.75 Å². The molecule has 0 bridgehead atoms. The molecule has 0 aliphatic carbocycles. The molecule has 0 saturated heterocycles. The number of nitrogens with two attached hydrogens (primary N) is 1. The van der Waals surface area contributed by atoms with Crippen molar-refractivity contribution < 1.29 is 9.53 Å². The Kier molecular flexibility index (Phi) is 3.73. The molecular formula is C11H14N2O3. The summed E-state index contributed by atoms with van der Waals surface area (Å²) >= 11 is 0. The van der Waals surface area contributed by atoms with Crippen molar-refractivity contribution in [1.82, 2.24) is 0 Å². The third-order valence-corrected chi connectivity index (χ3v) is 2.26. The highest BCUT2D eigenvalue weighted by Crippen LogP contribution is 2.19. The van der Waals surface area contributed by atoms with Crippen molar-refractivity contribution in [3.63, 3.8) is 0 Å². The number of aryl methyl sites for hydroxylation is 1. The number of benzene rings is 1. The summed E-state index contributed by atoms with van der Waals surface area (Å²) in [4.78, 5) is 21.4. The van der Waals surface area contributed by atoms with Crippen LogP contribution in [0.4, 0.5) is 0 Å². The van der Waals surface area contributed by atoms with E-state index in [0.717, 1.165) is 5.56 Å². The van der Waals surface area contributed by atoms with Crippen molar-refractivity contribution in [1.29, 1.82) is 0 Å². The lowest BCUT2D eigenvalue weighted by atomic mass is 10.1. The van der Waals surface area contributed by atoms with Crippen molar-refractivity contribution in [2.45, 2.75) is 26.0 Å². The molecule has 1 rings (SSSR count). The van der Waals surface area contributed by atoms with E-state index in [4.69, 9.17) is 10.5 Å². The Bertz CT molecular complexity index is 406. The van der Waals surface area contributed by atoms with Crippen LogP contribution in [0.25, 0.3) is 0 Å². The Morgan fingerprint density at radius 2 is 2.25 bits per heavy atom. The van der Waals surface area contributed by atoms with Gasteiger partial charge in [-0.05, 0) is 24.6 Å². The van der Waals surface area contributed by atoms with Gasteiger partial charge in [0, 0.05) is 11.6 Å². The Morgan fingerprint density at radius 1 is 1.56 bits per heavy atom. The molecule has 16 heavy (non-hydrogen) atoms. The van der Waals surface area contributed by atoms with Crippen LogP contribution in [0, 0.1) is 11.8 Å². The fourth-order valence-corrected chi connectivity index (χ4v) is 1.23. The first-order valence-electron chi connectivity index (χ1n) is 4.94. The lowest BCUT2D eigenvalue weighted by molar-refractivity contribution is -0.133. The van der Waals surface area contributed by atoms with Gasteiger partial charge in [0.2, 0.25) is 5.72 Å². The largest absolute Gasteiger partial charge is 0.463 e. The molecule has 86 valence electrons. The second-order valence-electron chi connectivity index (χ2n) is 3.56. The summed E-state index contributed by atoms with van der Waals surface area (Å²) in [5.41, 5.74) is 4.97. The smallest absolute Gasteiger partial charge is 0.344 e. The molecule has 1 aromatic carbocycles. The Hall–Kier alpha value is -1.75. The Morgan fingerprint density at radius 3 is 2.75 bits per heavy atom. The highest BCUT2D eigenvalue weighted by molar-refractivity contribution is 5.85. The van der Waals surface area contributed by atoms with E-state index in [1.54, 1.807) is 25.1 Å². The number of hydrogen-bond donors (Lipinski definition) is 1. The van der Waals surface area contributed by atoms with Crippen molar-refractivity contribution >= 4 is 5.91 Å². The molecule has 0 radical (unpaired) electrons. The first kappa shape index (κ1) is 12.3. The molecule has 0 heterocycles. The molecule has 0 aliphatic heterocycles. The molecule has 5 heteroatoms. The molecule has 5 nitrogen and oxygen atoms in total. The Labute approximate surface area is 93.6 Å². The van der Waals surface area contributed by atoms with Crippen molar-refractivity contribution in [2.75, 3.05) is 0 Å². The van der Waals surface area contributed by atoms with Gasteiger partial charge in [-0.25, -0.2) is 0 Å². The minimum atomic E-state index is -1.67. The van der Waals surface area contributed by atoms with Crippen LogP contribution in [-0.2, 0) is 4.79 Å². The van der Waals surface area contributed by atoms with Crippen molar-refractivity contribution in [3.8, 4) is 5.75 Å². The monoisotopic (exact) mass is 222 g/mol. The topological polar surface area (TPSA) is 81.8 Å². The minimum absolute atomic E-state index is 0.172. The number of nitroso groups, excluding NO2 is 1. The van der Waals surface area contributed by atoms with Gasteiger partial charge in [0.15, 0.2) is 0 Å². The summed E-state index contributed by atoms with van der Waals surface area (Å²) in [6, 6.07) is 7.06. The molecule has 0 unspecified atom stereocenters. The first-order chi connectivity index (χ1) is 7.51. The summed E-state index contributed by atoms with van der Waals surface area (Å²) in [6.07, 6.45) is 0.172. The maximum absolute atomic E-state index is 11.2. The van der Waals surface area contributed by atoms with E-state index >= 15 is 0 Å². The zero-order valence-electron chi connectivity index (χ0n) is 9.27. The maximum atomic E-state index is 11.2. The van der Waals surface area contributed by atoms with Gasteiger partial charge >= 0.3 is 5.91 Å². The summed E-state index contributed by atoms with van der Waals surface area (Å²) in [7, 11) is 0. The van der Waals surface area contributed by atoms with Gasteiger partial charge < -0.3 is 4.74 Å². The van der Waals surface area contributed by atoms with E-state index in [-0.39, 0.29) is 6.42 Å². The van der Waals surface area contributed by atoms with Gasteiger partial charge in [-0.15, -0.1) is 4.91 Å². The number of ether oxygens (including phenoxy) is 1. The van der Waals surface area contributed by atoms with E-state index in [2.05, 4.69) is 5.18 Å². The van der Waals surface area contributed by atoms with Gasteiger partial charge in [0.1, 0.15) is 5.75 Å². The van der Waals surface area contributed by atoms with Gasteiger partial charge in [0.05, 0.1) is 0 Å².